The first kappa shape index (κ1) is 21.0. The number of hydrazone groups is 1. The Bertz CT molecular complexity index is 1040. The van der Waals surface area contributed by atoms with Gasteiger partial charge in [0, 0.05) is 23.9 Å². The number of nitriles is 1. The molecule has 0 fully saturated rings. The summed E-state index contributed by atoms with van der Waals surface area (Å²) in [6.07, 6.45) is 3.95. The third-order valence-electron chi connectivity index (χ3n) is 4.27. The van der Waals surface area contributed by atoms with Crippen LogP contribution < -0.4 is 15.5 Å². The molecule has 0 saturated carbocycles. The standard InChI is InChI=1S/C22H22N6OS/c1-29-20-10-8-17(9-11-20)14-24-22(30)26-25-15-19-16-28(13-5-12-23)27-21(19)18-6-3-2-4-7-18/h2-4,6-11,15-16H,5,13-14H2,1H3,(H2,24,26,30)/b25-15-. The number of nitrogens with one attached hydrogen (secondary N) is 2. The van der Waals surface area contributed by atoms with Crippen LogP contribution in [0.4, 0.5) is 0 Å². The monoisotopic (exact) mass is 418 g/mol. The molecule has 0 saturated heterocycles. The van der Waals surface area contributed by atoms with Crippen molar-refractivity contribution >= 4 is 23.5 Å². The lowest BCUT2D eigenvalue weighted by Gasteiger charge is -2.07. The number of aryl methyl sites for hydroxylation is 1. The Morgan fingerprint density at radius 1 is 1.23 bits per heavy atom. The Labute approximate surface area is 181 Å². The van der Waals surface area contributed by atoms with Crippen molar-refractivity contribution in [2.45, 2.75) is 19.5 Å². The number of rotatable bonds is 8. The van der Waals surface area contributed by atoms with Crippen LogP contribution in [0.3, 0.4) is 0 Å². The normalized spacial score (nSPS) is 10.5. The highest BCUT2D eigenvalue weighted by atomic mass is 32.1. The van der Waals surface area contributed by atoms with E-state index in [9.17, 15) is 0 Å². The van der Waals surface area contributed by atoms with E-state index in [1.165, 1.54) is 0 Å². The summed E-state index contributed by atoms with van der Waals surface area (Å²) in [5.74, 6) is 0.814. The van der Waals surface area contributed by atoms with E-state index < -0.39 is 0 Å². The zero-order valence-corrected chi connectivity index (χ0v) is 17.4. The summed E-state index contributed by atoms with van der Waals surface area (Å²) < 4.78 is 6.91. The highest BCUT2D eigenvalue weighted by molar-refractivity contribution is 7.80. The Kier molecular flexibility index (Phi) is 7.52. The summed E-state index contributed by atoms with van der Waals surface area (Å²) in [5, 5.41) is 21.2. The lowest BCUT2D eigenvalue weighted by molar-refractivity contribution is 0.414. The third-order valence-corrected chi connectivity index (χ3v) is 4.51. The summed E-state index contributed by atoms with van der Waals surface area (Å²) >= 11 is 5.29. The molecule has 0 bridgehead atoms. The zero-order valence-electron chi connectivity index (χ0n) is 16.6. The number of thiocarbonyl (C=S) groups is 1. The topological polar surface area (TPSA) is 87.3 Å². The van der Waals surface area contributed by atoms with E-state index in [1.54, 1.807) is 18.0 Å². The van der Waals surface area contributed by atoms with Crippen molar-refractivity contribution in [1.29, 1.82) is 5.26 Å². The van der Waals surface area contributed by atoms with Gasteiger partial charge in [0.2, 0.25) is 0 Å². The van der Waals surface area contributed by atoms with Crippen LogP contribution in [0.1, 0.15) is 17.5 Å². The molecule has 7 nitrogen and oxygen atoms in total. The molecule has 30 heavy (non-hydrogen) atoms. The van der Waals surface area contributed by atoms with Crippen LogP contribution in [0, 0.1) is 11.3 Å². The second-order valence-corrected chi connectivity index (χ2v) is 6.78. The van der Waals surface area contributed by atoms with Gasteiger partial charge in [0.05, 0.1) is 32.4 Å². The molecule has 0 amide bonds. The van der Waals surface area contributed by atoms with Gasteiger partial charge in [0.1, 0.15) is 11.4 Å². The maximum atomic E-state index is 8.83. The van der Waals surface area contributed by atoms with Crippen LogP contribution in [0.2, 0.25) is 0 Å². The molecular weight excluding hydrogens is 396 g/mol. The molecule has 1 heterocycles. The van der Waals surface area contributed by atoms with E-state index in [0.29, 0.717) is 24.6 Å². The molecule has 0 aliphatic heterocycles. The van der Waals surface area contributed by atoms with Crippen molar-refractivity contribution in [3.05, 3.63) is 71.9 Å². The van der Waals surface area contributed by atoms with E-state index >= 15 is 0 Å². The van der Waals surface area contributed by atoms with Gasteiger partial charge in [-0.3, -0.25) is 10.1 Å². The molecule has 2 aromatic carbocycles. The Morgan fingerprint density at radius 2 is 2.00 bits per heavy atom. The van der Waals surface area contributed by atoms with Crippen molar-refractivity contribution in [2.24, 2.45) is 5.10 Å². The predicted molar refractivity (Wildman–Crippen MR) is 121 cm³/mol. The summed E-state index contributed by atoms with van der Waals surface area (Å²) in [6.45, 7) is 1.10. The van der Waals surface area contributed by atoms with Gasteiger partial charge in [0.15, 0.2) is 5.11 Å². The molecular formula is C22H22N6OS. The van der Waals surface area contributed by atoms with Crippen molar-refractivity contribution < 1.29 is 4.74 Å². The summed E-state index contributed by atoms with van der Waals surface area (Å²) in [4.78, 5) is 0. The van der Waals surface area contributed by atoms with Gasteiger partial charge in [-0.1, -0.05) is 42.5 Å². The van der Waals surface area contributed by atoms with Crippen LogP contribution in [0.25, 0.3) is 11.3 Å². The molecule has 8 heteroatoms. The smallest absolute Gasteiger partial charge is 0.187 e. The maximum Gasteiger partial charge on any atom is 0.187 e. The zero-order chi connectivity index (χ0) is 21.2. The van der Waals surface area contributed by atoms with Crippen molar-refractivity contribution in [1.82, 2.24) is 20.5 Å². The van der Waals surface area contributed by atoms with Crippen LogP contribution in [-0.4, -0.2) is 28.2 Å². The number of aromatic nitrogens is 2. The van der Waals surface area contributed by atoms with Gasteiger partial charge in [0.25, 0.3) is 0 Å². The highest BCUT2D eigenvalue weighted by Crippen LogP contribution is 2.20. The van der Waals surface area contributed by atoms with Crippen LogP contribution in [0.15, 0.2) is 65.9 Å². The van der Waals surface area contributed by atoms with Crippen molar-refractivity contribution in [3.8, 4) is 23.1 Å². The van der Waals surface area contributed by atoms with Crippen LogP contribution in [0.5, 0.6) is 5.75 Å². The van der Waals surface area contributed by atoms with Crippen molar-refractivity contribution in [2.75, 3.05) is 7.11 Å². The molecule has 0 radical (unpaired) electrons. The van der Waals surface area contributed by atoms with E-state index in [0.717, 1.165) is 28.1 Å². The molecule has 0 atom stereocenters. The van der Waals surface area contributed by atoms with E-state index in [1.807, 2.05) is 60.8 Å². The fourth-order valence-corrected chi connectivity index (χ4v) is 2.88. The van der Waals surface area contributed by atoms with E-state index in [4.69, 9.17) is 22.2 Å². The SMILES string of the molecule is COc1ccc(CNC(=S)N/N=C\c2cn(CCC#N)nc2-c2ccccc2)cc1. The minimum absolute atomic E-state index is 0.393. The largest absolute Gasteiger partial charge is 0.497 e. The number of hydrogen-bond acceptors (Lipinski definition) is 5. The van der Waals surface area contributed by atoms with Crippen LogP contribution >= 0.6 is 12.2 Å². The highest BCUT2D eigenvalue weighted by Gasteiger charge is 2.09. The van der Waals surface area contributed by atoms with Gasteiger partial charge in [-0.2, -0.15) is 15.5 Å². The molecule has 0 unspecified atom stereocenters. The number of benzene rings is 2. The lowest BCUT2D eigenvalue weighted by Crippen LogP contribution is -2.31. The van der Waals surface area contributed by atoms with E-state index in [2.05, 4.69) is 27.0 Å². The summed E-state index contributed by atoms with van der Waals surface area (Å²) in [7, 11) is 1.64. The Balaban J connectivity index is 1.62. The van der Waals surface area contributed by atoms with Gasteiger partial charge in [-0.15, -0.1) is 0 Å². The average molecular weight is 419 g/mol. The average Bonchev–Trinajstić information content (AvgIpc) is 3.20. The van der Waals surface area contributed by atoms with Gasteiger partial charge in [-0.25, -0.2) is 0 Å². The lowest BCUT2D eigenvalue weighted by atomic mass is 10.1. The molecule has 0 spiro atoms. The Morgan fingerprint density at radius 3 is 2.70 bits per heavy atom. The molecule has 1 aromatic heterocycles. The fourth-order valence-electron chi connectivity index (χ4n) is 2.76. The van der Waals surface area contributed by atoms with E-state index in [-0.39, 0.29) is 0 Å². The van der Waals surface area contributed by atoms with Crippen molar-refractivity contribution in [3.63, 3.8) is 0 Å². The predicted octanol–water partition coefficient (Wildman–Crippen LogP) is 3.47. The quantitative estimate of drug-likeness (QED) is 0.331. The molecule has 0 aliphatic rings. The third kappa shape index (κ3) is 5.90. The van der Waals surface area contributed by atoms with Gasteiger partial charge in [-0.05, 0) is 29.9 Å². The first-order chi connectivity index (χ1) is 14.7. The van der Waals surface area contributed by atoms with Gasteiger partial charge >= 0.3 is 0 Å². The first-order valence-corrected chi connectivity index (χ1v) is 9.80. The number of ether oxygens (including phenoxy) is 1. The van der Waals surface area contributed by atoms with Gasteiger partial charge < -0.3 is 10.1 Å². The molecule has 2 N–H and O–H groups in total. The molecule has 152 valence electrons. The number of nitrogens with zero attached hydrogens (tertiary/aromatic N) is 4. The Hall–Kier alpha value is -3.70. The second kappa shape index (κ2) is 10.7. The number of methoxy groups -OCH3 is 1. The molecule has 0 aliphatic carbocycles. The summed E-state index contributed by atoms with van der Waals surface area (Å²) in [6, 6.07) is 19.7. The molecule has 3 aromatic rings. The second-order valence-electron chi connectivity index (χ2n) is 6.37. The minimum atomic E-state index is 0.393. The fraction of sp³-hybridized carbons (Fsp3) is 0.182. The number of hydrogen-bond donors (Lipinski definition) is 2. The van der Waals surface area contributed by atoms with Crippen LogP contribution in [-0.2, 0) is 13.1 Å². The minimum Gasteiger partial charge on any atom is -0.497 e. The molecule has 3 rings (SSSR count). The first-order valence-electron chi connectivity index (χ1n) is 9.39. The maximum absolute atomic E-state index is 8.83. The summed E-state index contributed by atoms with van der Waals surface area (Å²) in [5.41, 5.74) is 6.53.